The molecule has 2 aromatic rings. The van der Waals surface area contributed by atoms with E-state index in [4.69, 9.17) is 4.74 Å². The number of imidazole rings is 1. The minimum absolute atomic E-state index is 0.388. The van der Waals surface area contributed by atoms with Crippen LogP contribution in [0.5, 0.6) is 0 Å². The molecule has 5 heteroatoms. The molecule has 0 saturated heterocycles. The van der Waals surface area contributed by atoms with Crippen molar-refractivity contribution in [1.82, 2.24) is 9.55 Å². The number of benzene rings is 1. The van der Waals surface area contributed by atoms with Gasteiger partial charge < -0.3 is 4.74 Å². The van der Waals surface area contributed by atoms with Gasteiger partial charge in [-0.15, -0.1) is 0 Å². The fourth-order valence-corrected chi connectivity index (χ4v) is 2.47. The fourth-order valence-electron chi connectivity index (χ4n) is 1.76. The van der Waals surface area contributed by atoms with Crippen LogP contribution in [0.4, 0.5) is 0 Å². The van der Waals surface area contributed by atoms with Gasteiger partial charge in [-0.2, -0.15) is 0 Å². The zero-order chi connectivity index (χ0) is 13.2. The molecule has 1 aromatic carbocycles. The summed E-state index contributed by atoms with van der Waals surface area (Å²) >= 11 is 0. The Bertz CT molecular complexity index is 558. The molecule has 96 valence electrons. The van der Waals surface area contributed by atoms with Crippen molar-refractivity contribution in [2.24, 2.45) is 0 Å². The Kier molecular flexibility index (Phi) is 3.63. The third-order valence-electron chi connectivity index (χ3n) is 2.54. The summed E-state index contributed by atoms with van der Waals surface area (Å²) in [6.07, 6.45) is 1.55. The molecule has 1 aromatic heterocycles. The van der Waals surface area contributed by atoms with Crippen LogP contribution in [0.2, 0.25) is 19.6 Å². The van der Waals surface area contributed by atoms with Gasteiger partial charge in [0.2, 0.25) is 0 Å². The Hall–Kier alpha value is -1.46. The largest absolute Gasteiger partial charge is 0.364 e. The van der Waals surface area contributed by atoms with Gasteiger partial charge in [-0.25, -0.2) is 4.98 Å². The van der Waals surface area contributed by atoms with Crippen molar-refractivity contribution in [3.8, 4) is 0 Å². The summed E-state index contributed by atoms with van der Waals surface area (Å²) in [5, 5.41) is 0. The van der Waals surface area contributed by atoms with Crippen LogP contribution in [0, 0.1) is 0 Å². The molecule has 4 nitrogen and oxygen atoms in total. The molecule has 0 spiro atoms. The molecule has 2 rings (SSSR count). The molecule has 1 heterocycles. The van der Waals surface area contributed by atoms with Gasteiger partial charge in [0.1, 0.15) is 6.73 Å². The van der Waals surface area contributed by atoms with Crippen LogP contribution in [0.3, 0.4) is 0 Å². The minimum Gasteiger partial charge on any atom is -0.364 e. The Morgan fingerprint density at radius 3 is 2.72 bits per heavy atom. The molecule has 0 aliphatic heterocycles. The van der Waals surface area contributed by atoms with E-state index in [1.54, 1.807) is 0 Å². The Morgan fingerprint density at radius 1 is 1.33 bits per heavy atom. The van der Waals surface area contributed by atoms with E-state index in [9.17, 15) is 4.79 Å². The van der Waals surface area contributed by atoms with Gasteiger partial charge in [-0.3, -0.25) is 9.36 Å². The number of ether oxygens (including phenoxy) is 1. The number of para-hydroxylation sites is 2. The summed E-state index contributed by atoms with van der Waals surface area (Å²) in [5.41, 5.74) is 1.77. The molecule has 0 fully saturated rings. The monoisotopic (exact) mass is 262 g/mol. The summed E-state index contributed by atoms with van der Waals surface area (Å²) < 4.78 is 7.54. The highest BCUT2D eigenvalue weighted by molar-refractivity contribution is 6.76. The van der Waals surface area contributed by atoms with Crippen molar-refractivity contribution in [3.63, 3.8) is 0 Å². The van der Waals surface area contributed by atoms with Crippen LogP contribution in [-0.2, 0) is 11.5 Å². The Balaban J connectivity index is 2.23. The number of hydrogen-bond donors (Lipinski definition) is 0. The van der Waals surface area contributed by atoms with Crippen molar-refractivity contribution in [3.05, 3.63) is 30.1 Å². The number of hydrogen-bond acceptors (Lipinski definition) is 3. The summed E-state index contributed by atoms with van der Waals surface area (Å²) in [7, 11) is -1.23. The van der Waals surface area contributed by atoms with E-state index in [1.165, 1.54) is 0 Å². The van der Waals surface area contributed by atoms with Crippen LogP contribution in [-0.4, -0.2) is 30.1 Å². The first-order valence-electron chi connectivity index (χ1n) is 5.99. The lowest BCUT2D eigenvalue weighted by Crippen LogP contribution is -2.28. The topological polar surface area (TPSA) is 44.1 Å². The number of carbonyl (C=O) groups is 1. The fraction of sp³-hybridized carbons (Fsp3) is 0.385. The van der Waals surface area contributed by atoms with Crippen LogP contribution < -0.4 is 0 Å². The molecule has 0 aliphatic carbocycles. The standard InChI is InChI=1S/C13H18N2O2Si/c1-18(2,3)10-17-9-15-12-7-5-4-6-11(12)14-13(15)8-16/h4-8H,9-10H2,1-3H3. The molecule has 0 radical (unpaired) electrons. The molecule has 18 heavy (non-hydrogen) atoms. The Labute approximate surface area is 108 Å². The van der Waals surface area contributed by atoms with Gasteiger partial charge in [0, 0.05) is 6.23 Å². The first-order chi connectivity index (χ1) is 8.51. The molecule has 0 saturated carbocycles. The molecule has 0 bridgehead atoms. The molecule has 0 atom stereocenters. The molecule has 0 aliphatic rings. The second kappa shape index (κ2) is 5.03. The highest BCUT2D eigenvalue weighted by Crippen LogP contribution is 2.15. The van der Waals surface area contributed by atoms with Crippen molar-refractivity contribution in [2.45, 2.75) is 26.4 Å². The second-order valence-electron chi connectivity index (χ2n) is 5.54. The SMILES string of the molecule is C[Si](C)(C)COCn1c(C=O)nc2ccccc21. The van der Waals surface area contributed by atoms with E-state index >= 15 is 0 Å². The van der Waals surface area contributed by atoms with Gasteiger partial charge in [0.25, 0.3) is 0 Å². The predicted octanol–water partition coefficient (Wildman–Crippen LogP) is 2.70. The maximum absolute atomic E-state index is 11.0. The number of carbonyl (C=O) groups excluding carboxylic acids is 1. The summed E-state index contributed by atoms with van der Waals surface area (Å²) in [5.74, 6) is 0.423. The summed E-state index contributed by atoms with van der Waals surface area (Å²) in [6, 6.07) is 7.70. The van der Waals surface area contributed by atoms with Crippen LogP contribution >= 0.6 is 0 Å². The van der Waals surface area contributed by atoms with Gasteiger partial charge in [0.15, 0.2) is 12.1 Å². The molecule has 0 amide bonds. The van der Waals surface area contributed by atoms with Gasteiger partial charge in [-0.1, -0.05) is 31.8 Å². The summed E-state index contributed by atoms with van der Waals surface area (Å²) in [6.45, 7) is 7.14. The van der Waals surface area contributed by atoms with Crippen LogP contribution in [0.1, 0.15) is 10.6 Å². The average Bonchev–Trinajstić information content (AvgIpc) is 2.66. The maximum Gasteiger partial charge on any atom is 0.185 e. The number of fused-ring (bicyclic) bond motifs is 1. The van der Waals surface area contributed by atoms with E-state index in [0.717, 1.165) is 23.5 Å². The molecular weight excluding hydrogens is 244 g/mol. The van der Waals surface area contributed by atoms with Gasteiger partial charge >= 0.3 is 0 Å². The van der Waals surface area contributed by atoms with Crippen molar-refractivity contribution in [2.75, 3.05) is 6.23 Å². The highest BCUT2D eigenvalue weighted by atomic mass is 28.3. The third-order valence-corrected chi connectivity index (χ3v) is 3.62. The lowest BCUT2D eigenvalue weighted by Gasteiger charge is -2.16. The predicted molar refractivity (Wildman–Crippen MR) is 74.4 cm³/mol. The lowest BCUT2D eigenvalue weighted by atomic mass is 10.3. The number of rotatable bonds is 5. The zero-order valence-corrected chi connectivity index (χ0v) is 12.0. The van der Waals surface area contributed by atoms with Gasteiger partial charge in [-0.05, 0) is 12.1 Å². The van der Waals surface area contributed by atoms with Crippen LogP contribution in [0.15, 0.2) is 24.3 Å². The van der Waals surface area contributed by atoms with Crippen molar-refractivity contribution >= 4 is 25.4 Å². The maximum atomic E-state index is 11.0. The average molecular weight is 262 g/mol. The Morgan fingerprint density at radius 2 is 2.06 bits per heavy atom. The van der Waals surface area contributed by atoms with Crippen molar-refractivity contribution < 1.29 is 9.53 Å². The number of aldehydes is 1. The van der Waals surface area contributed by atoms with E-state index in [-0.39, 0.29) is 0 Å². The van der Waals surface area contributed by atoms with Gasteiger partial charge in [0.05, 0.1) is 19.1 Å². The molecule has 0 unspecified atom stereocenters. The van der Waals surface area contributed by atoms with E-state index in [1.807, 2.05) is 28.8 Å². The van der Waals surface area contributed by atoms with E-state index in [2.05, 4.69) is 24.6 Å². The first-order valence-corrected chi connectivity index (χ1v) is 9.70. The normalized spacial score (nSPS) is 11.9. The highest BCUT2D eigenvalue weighted by Gasteiger charge is 2.14. The third kappa shape index (κ3) is 2.86. The van der Waals surface area contributed by atoms with Crippen LogP contribution in [0.25, 0.3) is 11.0 Å². The molecular formula is C13H18N2O2Si. The first kappa shape index (κ1) is 13.0. The quantitative estimate of drug-likeness (QED) is 0.614. The number of nitrogens with zero attached hydrogens (tertiary/aromatic N) is 2. The van der Waals surface area contributed by atoms with E-state index in [0.29, 0.717) is 12.6 Å². The van der Waals surface area contributed by atoms with E-state index < -0.39 is 8.07 Å². The van der Waals surface area contributed by atoms with Crippen molar-refractivity contribution in [1.29, 1.82) is 0 Å². The second-order valence-corrected chi connectivity index (χ2v) is 11.0. The summed E-state index contributed by atoms with van der Waals surface area (Å²) in [4.78, 5) is 15.3. The smallest absolute Gasteiger partial charge is 0.185 e. The molecule has 0 N–H and O–H groups in total. The minimum atomic E-state index is -1.23. The number of aromatic nitrogens is 2. The lowest BCUT2D eigenvalue weighted by molar-refractivity contribution is 0.101. The zero-order valence-electron chi connectivity index (χ0n) is 11.0.